The van der Waals surface area contributed by atoms with Gasteiger partial charge in [0.05, 0.1) is 0 Å². The van der Waals surface area contributed by atoms with Crippen molar-refractivity contribution in [2.75, 3.05) is 0 Å². The zero-order valence-electron chi connectivity index (χ0n) is 8.74. The maximum absolute atomic E-state index is 7.62. The molecule has 0 radical (unpaired) electrons. The van der Waals surface area contributed by atoms with Gasteiger partial charge < -0.3 is 0 Å². The van der Waals surface area contributed by atoms with Crippen molar-refractivity contribution in [1.29, 1.82) is 0 Å². The van der Waals surface area contributed by atoms with Gasteiger partial charge in [-0.1, -0.05) is 52.9 Å². The summed E-state index contributed by atoms with van der Waals surface area (Å²) in [5.41, 5.74) is 0. The van der Waals surface area contributed by atoms with Crippen molar-refractivity contribution in [3.8, 4) is 0 Å². The summed E-state index contributed by atoms with van der Waals surface area (Å²) in [6.45, 7) is 4.27. The van der Waals surface area contributed by atoms with Crippen LogP contribution < -0.4 is 0 Å². The van der Waals surface area contributed by atoms with Crippen molar-refractivity contribution in [2.45, 2.75) is 52.9 Å². The Kier molecular flexibility index (Phi) is 3.92. The summed E-state index contributed by atoms with van der Waals surface area (Å²) in [6, 6.07) is 0. The van der Waals surface area contributed by atoms with Gasteiger partial charge in [0.15, 0.2) is 0 Å². The first-order chi connectivity index (χ1) is 5.12. The van der Waals surface area contributed by atoms with Gasteiger partial charge in [-0.3, -0.25) is 0 Å². The molecule has 0 N–H and O–H groups in total. The molecule has 0 saturated heterocycles. The van der Waals surface area contributed by atoms with Gasteiger partial charge >= 0.3 is 0 Å². The Morgan fingerprint density at radius 2 is 2.22 bits per heavy atom. The third kappa shape index (κ3) is 8.00. The topological polar surface area (TPSA) is 0 Å². The van der Waals surface area contributed by atoms with Gasteiger partial charge in [-0.15, -0.1) is 0 Å². The fourth-order valence-electron chi connectivity index (χ4n) is 0.854. The van der Waals surface area contributed by atoms with Gasteiger partial charge in [-0.2, -0.15) is 0 Å². The highest BCUT2D eigenvalue weighted by molar-refractivity contribution is 4.45. The lowest BCUT2D eigenvalue weighted by atomic mass is 10.1. The van der Waals surface area contributed by atoms with E-state index in [2.05, 4.69) is 6.92 Å². The van der Waals surface area contributed by atoms with Crippen molar-refractivity contribution >= 4 is 0 Å². The monoisotopic (exact) mass is 130 g/mol. The van der Waals surface area contributed by atoms with Crippen LogP contribution in [-0.2, 0) is 0 Å². The zero-order chi connectivity index (χ0) is 8.74. The number of hydrogen-bond acceptors (Lipinski definition) is 0. The van der Waals surface area contributed by atoms with Crippen LogP contribution in [-0.4, -0.2) is 0 Å². The third-order valence-corrected chi connectivity index (χ3v) is 1.46. The van der Waals surface area contributed by atoms with Crippen LogP contribution in [0.5, 0.6) is 0 Å². The van der Waals surface area contributed by atoms with Crippen molar-refractivity contribution in [3.63, 3.8) is 0 Å². The van der Waals surface area contributed by atoms with Crippen LogP contribution in [0.1, 0.15) is 55.6 Å². The first kappa shape index (κ1) is 5.76. The van der Waals surface area contributed by atoms with E-state index in [1.165, 1.54) is 19.3 Å². The minimum absolute atomic E-state index is 0.235. The summed E-state index contributed by atoms with van der Waals surface area (Å²) < 4.78 is 14.7. The highest BCUT2D eigenvalue weighted by Gasteiger charge is 1.91. The molecule has 0 fully saturated rings. The molecule has 1 atom stereocenters. The number of unbranched alkanes of at least 4 members (excludes halogenated alkanes) is 3. The molecule has 0 bridgehead atoms. The first-order valence-corrected chi connectivity index (χ1v) is 3.91. The predicted molar refractivity (Wildman–Crippen MR) is 43.6 cm³/mol. The molecule has 0 aliphatic heterocycles. The Morgan fingerprint density at radius 1 is 1.44 bits per heavy atom. The summed E-state index contributed by atoms with van der Waals surface area (Å²) in [5.74, 6) is -0.492. The molecule has 0 aromatic rings. The second kappa shape index (κ2) is 6.12. The Morgan fingerprint density at radius 3 is 2.78 bits per heavy atom. The van der Waals surface area contributed by atoms with E-state index in [4.69, 9.17) is 2.74 Å². The molecule has 9 heavy (non-hydrogen) atoms. The average molecular weight is 130 g/mol. The van der Waals surface area contributed by atoms with Crippen molar-refractivity contribution in [3.05, 3.63) is 0 Å². The number of rotatable bonds is 5. The van der Waals surface area contributed by atoms with Crippen molar-refractivity contribution in [1.82, 2.24) is 0 Å². The fourth-order valence-corrected chi connectivity index (χ4v) is 0.854. The highest BCUT2D eigenvalue weighted by Crippen LogP contribution is 2.08. The highest BCUT2D eigenvalue weighted by atomic mass is 14.0. The normalized spacial score (nSPS) is 20.2. The maximum Gasteiger partial charge on any atom is 0.0297 e. The summed E-state index contributed by atoms with van der Waals surface area (Å²) >= 11 is 0. The van der Waals surface area contributed by atoms with Crippen LogP contribution in [0.2, 0.25) is 0 Å². The second-order valence-electron chi connectivity index (χ2n) is 2.77. The van der Waals surface area contributed by atoms with E-state index in [0.717, 1.165) is 12.8 Å². The Hall–Kier alpha value is 0. The molecule has 0 aromatic heterocycles. The summed E-state index contributed by atoms with van der Waals surface area (Å²) in [7, 11) is 0. The lowest BCUT2D eigenvalue weighted by Gasteiger charge is -2.01. The zero-order valence-corrected chi connectivity index (χ0v) is 6.74. The summed E-state index contributed by atoms with van der Waals surface area (Å²) in [4.78, 5) is 0. The Balaban J connectivity index is 3.23. The van der Waals surface area contributed by atoms with Crippen LogP contribution >= 0.6 is 0 Å². The molecule has 0 aromatic carbocycles. The molecule has 0 aliphatic rings. The van der Waals surface area contributed by atoms with Gasteiger partial charge in [0.1, 0.15) is 0 Å². The molecule has 56 valence electrons. The molecule has 0 heteroatoms. The SMILES string of the molecule is [2H]CC([2H])(C)CCCCCC. The van der Waals surface area contributed by atoms with E-state index in [1.807, 2.05) is 6.92 Å². The lowest BCUT2D eigenvalue weighted by Crippen LogP contribution is -1.86. The van der Waals surface area contributed by atoms with E-state index >= 15 is 0 Å². The van der Waals surface area contributed by atoms with Crippen LogP contribution in [0.3, 0.4) is 0 Å². The van der Waals surface area contributed by atoms with Crippen molar-refractivity contribution in [2.24, 2.45) is 5.89 Å². The molecule has 0 amide bonds. The van der Waals surface area contributed by atoms with Crippen LogP contribution in [0.25, 0.3) is 0 Å². The molecule has 1 unspecified atom stereocenters. The van der Waals surface area contributed by atoms with Gasteiger partial charge in [0.2, 0.25) is 0 Å². The van der Waals surface area contributed by atoms with Gasteiger partial charge in [0.25, 0.3) is 0 Å². The second-order valence-corrected chi connectivity index (χ2v) is 2.77. The standard InChI is InChI=1S/C9H20/c1-4-5-6-7-8-9(2)3/h9H,4-8H2,1-3H3/i2D,9D. The van der Waals surface area contributed by atoms with Crippen LogP contribution in [0, 0.1) is 5.89 Å². The molecule has 0 nitrogen and oxygen atoms in total. The molecule has 0 spiro atoms. The minimum atomic E-state index is -0.492. The Bertz CT molecular complexity index is 89.6. The summed E-state index contributed by atoms with van der Waals surface area (Å²) in [5, 5.41) is 0. The van der Waals surface area contributed by atoms with Gasteiger partial charge in [-0.25, -0.2) is 0 Å². The lowest BCUT2D eigenvalue weighted by molar-refractivity contribution is 0.525. The first-order valence-electron chi connectivity index (χ1n) is 5.12. The maximum atomic E-state index is 7.62. The average Bonchev–Trinajstić information content (AvgIpc) is 1.99. The molecule has 0 rings (SSSR count). The molecule has 0 heterocycles. The van der Waals surface area contributed by atoms with E-state index in [-0.39, 0.29) is 6.90 Å². The van der Waals surface area contributed by atoms with Crippen molar-refractivity contribution < 1.29 is 2.74 Å². The third-order valence-electron chi connectivity index (χ3n) is 1.46. The van der Waals surface area contributed by atoms with E-state index in [9.17, 15) is 0 Å². The summed E-state index contributed by atoms with van der Waals surface area (Å²) in [6.07, 6.45) is 5.75. The van der Waals surface area contributed by atoms with Gasteiger partial charge in [-0.05, 0) is 5.89 Å². The minimum Gasteiger partial charge on any atom is -0.0654 e. The van der Waals surface area contributed by atoms with Crippen LogP contribution in [0.4, 0.5) is 0 Å². The largest absolute Gasteiger partial charge is 0.0654 e. The van der Waals surface area contributed by atoms with E-state index in [0.29, 0.717) is 0 Å². The van der Waals surface area contributed by atoms with E-state index < -0.39 is 5.89 Å². The molecule has 0 saturated carbocycles. The van der Waals surface area contributed by atoms with Crippen LogP contribution in [0.15, 0.2) is 0 Å². The smallest absolute Gasteiger partial charge is 0.0297 e. The quantitative estimate of drug-likeness (QED) is 0.499. The predicted octanol–water partition coefficient (Wildman–Crippen LogP) is 3.61. The number of hydrogen-bond donors (Lipinski definition) is 0. The molecular formula is C9H20. The van der Waals surface area contributed by atoms with E-state index in [1.54, 1.807) is 0 Å². The molecule has 0 aliphatic carbocycles. The van der Waals surface area contributed by atoms with Gasteiger partial charge in [0, 0.05) is 2.74 Å². The Labute approximate surface area is 62.5 Å². The molecular weight excluding hydrogens is 108 g/mol. The fraction of sp³-hybridized carbons (Fsp3) is 1.00.